The molecular weight excluding hydrogens is 365 g/mol. The average Bonchev–Trinajstić information content (AvgIpc) is 3.21. The van der Waals surface area contributed by atoms with Crippen LogP contribution in [-0.4, -0.2) is 49.4 Å². The molecule has 2 amide bonds. The van der Waals surface area contributed by atoms with Gasteiger partial charge in [-0.1, -0.05) is 0 Å². The lowest BCUT2D eigenvalue weighted by atomic mass is 10.2. The molecule has 1 aromatic carbocycles. The van der Waals surface area contributed by atoms with E-state index >= 15 is 0 Å². The number of nitrogens with zero attached hydrogens (tertiary/aromatic N) is 2. The van der Waals surface area contributed by atoms with Crippen LogP contribution in [0.3, 0.4) is 0 Å². The van der Waals surface area contributed by atoms with Gasteiger partial charge in [0.05, 0.1) is 0 Å². The fourth-order valence-corrected chi connectivity index (χ4v) is 3.82. The van der Waals surface area contributed by atoms with Crippen molar-refractivity contribution < 1.29 is 14.0 Å². The molecule has 0 atom stereocenters. The van der Waals surface area contributed by atoms with E-state index in [1.807, 2.05) is 21.7 Å². The quantitative estimate of drug-likeness (QED) is 0.792. The fraction of sp³-hybridized carbons (Fsp3) is 0.400. The van der Waals surface area contributed by atoms with Gasteiger partial charge in [-0.2, -0.15) is 11.3 Å². The largest absolute Gasteiger partial charge is 0.368 e. The average molecular weight is 389 g/mol. The minimum atomic E-state index is -0.245. The van der Waals surface area contributed by atoms with Gasteiger partial charge in [0.2, 0.25) is 11.8 Å². The third kappa shape index (κ3) is 5.79. The van der Waals surface area contributed by atoms with Crippen LogP contribution >= 0.6 is 11.3 Å². The van der Waals surface area contributed by atoms with Crippen molar-refractivity contribution in [2.45, 2.75) is 19.3 Å². The predicted molar refractivity (Wildman–Crippen MR) is 105 cm³/mol. The number of nitrogens with one attached hydrogen (secondary N) is 1. The highest BCUT2D eigenvalue weighted by Gasteiger charge is 2.21. The minimum Gasteiger partial charge on any atom is -0.368 e. The van der Waals surface area contributed by atoms with Crippen molar-refractivity contribution in [3.8, 4) is 0 Å². The van der Waals surface area contributed by atoms with E-state index in [9.17, 15) is 14.0 Å². The molecule has 7 heteroatoms. The van der Waals surface area contributed by atoms with Crippen molar-refractivity contribution >= 4 is 28.8 Å². The number of thiophene rings is 1. The van der Waals surface area contributed by atoms with Gasteiger partial charge in [-0.3, -0.25) is 9.59 Å². The van der Waals surface area contributed by atoms with Gasteiger partial charge in [-0.05, 0) is 53.1 Å². The number of hydrogen-bond donors (Lipinski definition) is 1. The maximum atomic E-state index is 13.0. The summed E-state index contributed by atoms with van der Waals surface area (Å²) in [6, 6.07) is 8.45. The summed E-state index contributed by atoms with van der Waals surface area (Å²) in [4.78, 5) is 28.2. The SMILES string of the molecule is O=C(CCc1ccsc1)NCCC(=O)N1CCN(c2ccc(F)cc2)CC1. The van der Waals surface area contributed by atoms with E-state index in [1.54, 1.807) is 23.5 Å². The topological polar surface area (TPSA) is 52.7 Å². The lowest BCUT2D eigenvalue weighted by Crippen LogP contribution is -2.49. The molecule has 3 rings (SSSR count). The van der Waals surface area contributed by atoms with Gasteiger partial charge in [0.15, 0.2) is 0 Å². The Bertz CT molecular complexity index is 741. The summed E-state index contributed by atoms with van der Waals surface area (Å²) in [5.41, 5.74) is 2.15. The molecule has 0 spiro atoms. The van der Waals surface area contributed by atoms with Crippen LogP contribution in [0, 0.1) is 5.82 Å². The molecule has 2 heterocycles. The summed E-state index contributed by atoms with van der Waals surface area (Å²) in [6.07, 6.45) is 1.50. The number of hydrogen-bond acceptors (Lipinski definition) is 4. The Kier molecular flexibility index (Phi) is 6.81. The normalized spacial score (nSPS) is 14.3. The Balaban J connectivity index is 1.33. The second-order valence-corrected chi connectivity index (χ2v) is 7.36. The number of rotatable bonds is 7. The van der Waals surface area contributed by atoms with Gasteiger partial charge in [-0.15, -0.1) is 0 Å². The molecular formula is C20H24FN3O2S. The third-order valence-corrected chi connectivity index (χ3v) is 5.44. The Hall–Kier alpha value is -2.41. The monoisotopic (exact) mass is 389 g/mol. The zero-order valence-corrected chi connectivity index (χ0v) is 16.0. The van der Waals surface area contributed by atoms with E-state index in [0.717, 1.165) is 25.2 Å². The smallest absolute Gasteiger partial charge is 0.224 e. The van der Waals surface area contributed by atoms with Crippen molar-refractivity contribution in [1.29, 1.82) is 0 Å². The van der Waals surface area contributed by atoms with E-state index in [-0.39, 0.29) is 17.6 Å². The van der Waals surface area contributed by atoms with Crippen molar-refractivity contribution in [1.82, 2.24) is 10.2 Å². The number of amides is 2. The maximum absolute atomic E-state index is 13.0. The molecule has 0 unspecified atom stereocenters. The number of aryl methyl sites for hydroxylation is 1. The highest BCUT2D eigenvalue weighted by molar-refractivity contribution is 7.07. The summed E-state index contributed by atoms with van der Waals surface area (Å²) in [5, 5.41) is 6.87. The lowest BCUT2D eigenvalue weighted by Gasteiger charge is -2.36. The first kappa shape index (κ1) is 19.4. The van der Waals surface area contributed by atoms with Crippen LogP contribution in [0.4, 0.5) is 10.1 Å². The van der Waals surface area contributed by atoms with Crippen LogP contribution in [0.5, 0.6) is 0 Å². The van der Waals surface area contributed by atoms with Gasteiger partial charge in [0.1, 0.15) is 5.82 Å². The number of halogens is 1. The van der Waals surface area contributed by atoms with Crippen molar-refractivity contribution in [3.05, 3.63) is 52.5 Å². The van der Waals surface area contributed by atoms with Crippen LogP contribution in [0.2, 0.25) is 0 Å². The highest BCUT2D eigenvalue weighted by atomic mass is 32.1. The van der Waals surface area contributed by atoms with Gasteiger partial charge < -0.3 is 15.1 Å². The summed E-state index contributed by atoms with van der Waals surface area (Å²) in [5.74, 6) is -0.202. The first-order valence-electron chi connectivity index (χ1n) is 9.18. The molecule has 0 bridgehead atoms. The van der Waals surface area contributed by atoms with Gasteiger partial charge in [0, 0.05) is 51.3 Å². The molecule has 1 aliphatic heterocycles. The van der Waals surface area contributed by atoms with E-state index in [4.69, 9.17) is 0 Å². The second-order valence-electron chi connectivity index (χ2n) is 6.58. The fourth-order valence-electron chi connectivity index (χ4n) is 3.11. The van der Waals surface area contributed by atoms with Crippen LogP contribution in [-0.2, 0) is 16.0 Å². The van der Waals surface area contributed by atoms with Crippen LogP contribution < -0.4 is 10.2 Å². The zero-order valence-electron chi connectivity index (χ0n) is 15.2. The van der Waals surface area contributed by atoms with E-state index in [0.29, 0.717) is 32.5 Å². The number of anilines is 1. The number of carbonyl (C=O) groups is 2. The molecule has 5 nitrogen and oxygen atoms in total. The van der Waals surface area contributed by atoms with Crippen molar-refractivity contribution in [2.24, 2.45) is 0 Å². The van der Waals surface area contributed by atoms with Gasteiger partial charge in [0.25, 0.3) is 0 Å². The molecule has 1 fully saturated rings. The first-order chi connectivity index (χ1) is 13.1. The summed E-state index contributed by atoms with van der Waals surface area (Å²) >= 11 is 1.63. The molecule has 27 heavy (non-hydrogen) atoms. The Morgan fingerprint density at radius 3 is 2.44 bits per heavy atom. The minimum absolute atomic E-state index is 0.0184. The molecule has 1 aliphatic rings. The molecule has 0 radical (unpaired) electrons. The van der Waals surface area contributed by atoms with Crippen LogP contribution in [0.1, 0.15) is 18.4 Å². The molecule has 144 valence electrons. The second kappa shape index (κ2) is 9.50. The van der Waals surface area contributed by atoms with E-state index in [1.165, 1.54) is 17.7 Å². The molecule has 0 saturated carbocycles. The van der Waals surface area contributed by atoms with E-state index < -0.39 is 0 Å². The Labute approximate surface area is 162 Å². The van der Waals surface area contributed by atoms with E-state index in [2.05, 4.69) is 10.2 Å². The number of carbonyl (C=O) groups excluding carboxylic acids is 2. The van der Waals surface area contributed by atoms with Gasteiger partial charge in [-0.25, -0.2) is 4.39 Å². The summed E-state index contributed by atoms with van der Waals surface area (Å²) in [6.45, 7) is 3.11. The van der Waals surface area contributed by atoms with Crippen molar-refractivity contribution in [2.75, 3.05) is 37.6 Å². The summed E-state index contributed by atoms with van der Waals surface area (Å²) in [7, 11) is 0. The molecule has 2 aromatic rings. The van der Waals surface area contributed by atoms with Gasteiger partial charge >= 0.3 is 0 Å². The molecule has 1 saturated heterocycles. The highest BCUT2D eigenvalue weighted by Crippen LogP contribution is 2.17. The molecule has 1 N–H and O–H groups in total. The Morgan fingerprint density at radius 2 is 1.78 bits per heavy atom. The molecule has 0 aliphatic carbocycles. The Morgan fingerprint density at radius 1 is 1.04 bits per heavy atom. The first-order valence-corrected chi connectivity index (χ1v) is 10.1. The number of benzene rings is 1. The van der Waals surface area contributed by atoms with Crippen LogP contribution in [0.25, 0.3) is 0 Å². The maximum Gasteiger partial charge on any atom is 0.224 e. The third-order valence-electron chi connectivity index (χ3n) is 4.71. The zero-order chi connectivity index (χ0) is 19.1. The lowest BCUT2D eigenvalue weighted by molar-refractivity contribution is -0.131. The molecule has 1 aromatic heterocycles. The standard InChI is InChI=1S/C20H24FN3O2S/c21-17-2-4-18(5-3-17)23-10-12-24(13-11-23)20(26)7-9-22-19(25)6-1-16-8-14-27-15-16/h2-5,8,14-15H,1,6-7,9-13H2,(H,22,25). The van der Waals surface area contributed by atoms with Crippen molar-refractivity contribution in [3.63, 3.8) is 0 Å². The summed E-state index contributed by atoms with van der Waals surface area (Å²) < 4.78 is 13.0. The predicted octanol–water partition coefficient (Wildman–Crippen LogP) is 2.67. The van der Waals surface area contributed by atoms with Crippen LogP contribution in [0.15, 0.2) is 41.1 Å². The number of piperazine rings is 1.